The smallest absolute Gasteiger partial charge is 0.311 e. The minimum absolute atomic E-state index is 0.112. The molecule has 1 spiro atoms. The SMILES string of the molecule is CC1(C(=O)OCCS)CCC2(CC1)OCCO2. The Morgan fingerprint density at radius 1 is 1.24 bits per heavy atom. The molecule has 0 bridgehead atoms. The quantitative estimate of drug-likeness (QED) is 0.620. The molecule has 0 amide bonds. The van der Waals surface area contributed by atoms with Gasteiger partial charge in [-0.3, -0.25) is 4.79 Å². The molecule has 0 unspecified atom stereocenters. The molecule has 2 fully saturated rings. The molecule has 1 saturated heterocycles. The first-order valence-electron chi connectivity index (χ1n) is 6.16. The summed E-state index contributed by atoms with van der Waals surface area (Å²) in [6, 6.07) is 0. The molecule has 1 aliphatic heterocycles. The number of hydrogen-bond donors (Lipinski definition) is 1. The summed E-state index contributed by atoms with van der Waals surface area (Å²) in [4.78, 5) is 11.9. The Bertz CT molecular complexity index is 276. The Hall–Kier alpha value is -0.260. The lowest BCUT2D eigenvalue weighted by Crippen LogP contribution is -2.43. The van der Waals surface area contributed by atoms with E-state index in [1.54, 1.807) is 0 Å². The molecular weight excluding hydrogens is 240 g/mol. The van der Waals surface area contributed by atoms with Crippen molar-refractivity contribution in [3.8, 4) is 0 Å². The van der Waals surface area contributed by atoms with Crippen LogP contribution >= 0.6 is 12.6 Å². The van der Waals surface area contributed by atoms with Crippen LogP contribution in [-0.2, 0) is 19.0 Å². The van der Waals surface area contributed by atoms with Crippen molar-refractivity contribution in [2.24, 2.45) is 5.41 Å². The number of hydrogen-bond acceptors (Lipinski definition) is 5. The number of rotatable bonds is 3. The highest BCUT2D eigenvalue weighted by Gasteiger charge is 2.47. The first kappa shape index (κ1) is 13.2. The Balaban J connectivity index is 1.89. The highest BCUT2D eigenvalue weighted by Crippen LogP contribution is 2.45. The van der Waals surface area contributed by atoms with Crippen molar-refractivity contribution in [1.29, 1.82) is 0 Å². The maximum Gasteiger partial charge on any atom is 0.311 e. The van der Waals surface area contributed by atoms with E-state index in [9.17, 15) is 4.79 Å². The second kappa shape index (κ2) is 5.16. The average Bonchev–Trinajstić information content (AvgIpc) is 2.79. The van der Waals surface area contributed by atoms with Gasteiger partial charge >= 0.3 is 5.97 Å². The summed E-state index contributed by atoms with van der Waals surface area (Å²) in [5, 5.41) is 0. The molecule has 2 aliphatic rings. The lowest BCUT2D eigenvalue weighted by atomic mass is 9.73. The maximum atomic E-state index is 11.9. The maximum absolute atomic E-state index is 11.9. The van der Waals surface area contributed by atoms with Crippen molar-refractivity contribution in [3.05, 3.63) is 0 Å². The monoisotopic (exact) mass is 260 g/mol. The van der Waals surface area contributed by atoms with Gasteiger partial charge in [0.15, 0.2) is 5.79 Å². The van der Waals surface area contributed by atoms with Crippen LogP contribution in [0.3, 0.4) is 0 Å². The van der Waals surface area contributed by atoms with Gasteiger partial charge in [0, 0.05) is 18.6 Å². The molecule has 0 aromatic heterocycles. The van der Waals surface area contributed by atoms with E-state index in [0.29, 0.717) is 25.6 Å². The first-order chi connectivity index (χ1) is 8.10. The van der Waals surface area contributed by atoms with Gasteiger partial charge < -0.3 is 14.2 Å². The van der Waals surface area contributed by atoms with Crippen LogP contribution in [0.2, 0.25) is 0 Å². The van der Waals surface area contributed by atoms with E-state index in [2.05, 4.69) is 12.6 Å². The van der Waals surface area contributed by atoms with Gasteiger partial charge in [-0.15, -0.1) is 0 Å². The van der Waals surface area contributed by atoms with E-state index in [0.717, 1.165) is 25.7 Å². The van der Waals surface area contributed by atoms with E-state index in [4.69, 9.17) is 14.2 Å². The van der Waals surface area contributed by atoms with Crippen LogP contribution in [0.25, 0.3) is 0 Å². The van der Waals surface area contributed by atoms with Crippen molar-refractivity contribution in [1.82, 2.24) is 0 Å². The van der Waals surface area contributed by atoms with Crippen LogP contribution in [0.1, 0.15) is 32.6 Å². The van der Waals surface area contributed by atoms with Crippen LogP contribution in [0.5, 0.6) is 0 Å². The van der Waals surface area contributed by atoms with E-state index in [1.165, 1.54) is 0 Å². The second-order valence-electron chi connectivity index (χ2n) is 5.03. The zero-order valence-corrected chi connectivity index (χ0v) is 11.1. The molecule has 17 heavy (non-hydrogen) atoms. The third-order valence-corrected chi connectivity index (χ3v) is 3.93. The van der Waals surface area contributed by atoms with Crippen LogP contribution in [0.15, 0.2) is 0 Å². The Morgan fingerprint density at radius 2 is 1.82 bits per heavy atom. The van der Waals surface area contributed by atoms with Gasteiger partial charge in [0.1, 0.15) is 6.61 Å². The predicted molar refractivity (Wildman–Crippen MR) is 66.0 cm³/mol. The Kier molecular flexibility index (Phi) is 4.00. The average molecular weight is 260 g/mol. The molecule has 1 heterocycles. The number of carbonyl (C=O) groups excluding carboxylic acids is 1. The van der Waals surface area contributed by atoms with Crippen molar-refractivity contribution >= 4 is 18.6 Å². The van der Waals surface area contributed by atoms with E-state index < -0.39 is 5.79 Å². The van der Waals surface area contributed by atoms with Crippen LogP contribution in [0, 0.1) is 5.41 Å². The van der Waals surface area contributed by atoms with Gasteiger partial charge in [-0.1, -0.05) is 0 Å². The molecule has 1 aliphatic carbocycles. The zero-order valence-electron chi connectivity index (χ0n) is 10.2. The van der Waals surface area contributed by atoms with Crippen LogP contribution in [-0.4, -0.2) is 37.3 Å². The number of carbonyl (C=O) groups is 1. The molecule has 0 N–H and O–H groups in total. The molecule has 98 valence electrons. The van der Waals surface area contributed by atoms with Crippen LogP contribution < -0.4 is 0 Å². The lowest BCUT2D eigenvalue weighted by Gasteiger charge is -2.39. The molecule has 2 rings (SSSR count). The summed E-state index contributed by atoms with van der Waals surface area (Å²) >= 11 is 4.04. The largest absolute Gasteiger partial charge is 0.464 e. The van der Waals surface area contributed by atoms with Crippen molar-refractivity contribution in [2.45, 2.75) is 38.4 Å². The topological polar surface area (TPSA) is 44.8 Å². The first-order valence-corrected chi connectivity index (χ1v) is 6.80. The third kappa shape index (κ3) is 2.77. The molecule has 5 heteroatoms. The highest BCUT2D eigenvalue weighted by molar-refractivity contribution is 7.80. The van der Waals surface area contributed by atoms with E-state index in [1.807, 2.05) is 6.92 Å². The predicted octanol–water partition coefficient (Wildman–Crippen LogP) is 1.78. The normalized spacial score (nSPS) is 26.0. The van der Waals surface area contributed by atoms with Gasteiger partial charge in [0.25, 0.3) is 0 Å². The highest BCUT2D eigenvalue weighted by atomic mass is 32.1. The van der Waals surface area contributed by atoms with Gasteiger partial charge in [0.2, 0.25) is 0 Å². The summed E-state index contributed by atoms with van der Waals surface area (Å²) < 4.78 is 16.5. The lowest BCUT2D eigenvalue weighted by molar-refractivity contribution is -0.197. The van der Waals surface area contributed by atoms with Crippen molar-refractivity contribution in [2.75, 3.05) is 25.6 Å². The number of esters is 1. The van der Waals surface area contributed by atoms with E-state index in [-0.39, 0.29) is 11.4 Å². The molecule has 0 aromatic rings. The molecular formula is C12H20O4S. The standard InChI is InChI=1S/C12H20O4S/c1-11(10(13)14-8-9-17)2-4-12(5-3-11)15-6-7-16-12/h17H,2-9H2,1H3. The minimum atomic E-state index is -0.413. The Morgan fingerprint density at radius 3 is 2.35 bits per heavy atom. The fourth-order valence-electron chi connectivity index (χ4n) is 2.49. The molecule has 1 saturated carbocycles. The second-order valence-corrected chi connectivity index (χ2v) is 5.48. The molecule has 0 atom stereocenters. The minimum Gasteiger partial charge on any atom is -0.464 e. The number of ether oxygens (including phenoxy) is 3. The summed E-state index contributed by atoms with van der Waals surface area (Å²) in [5.41, 5.74) is -0.385. The van der Waals surface area contributed by atoms with E-state index >= 15 is 0 Å². The fraction of sp³-hybridized carbons (Fsp3) is 0.917. The summed E-state index contributed by atoms with van der Waals surface area (Å²) in [6.45, 7) is 3.69. The third-order valence-electron chi connectivity index (χ3n) is 3.75. The van der Waals surface area contributed by atoms with Gasteiger partial charge in [0.05, 0.1) is 18.6 Å². The fourth-order valence-corrected chi connectivity index (χ4v) is 2.58. The molecule has 0 aromatic carbocycles. The molecule has 0 radical (unpaired) electrons. The van der Waals surface area contributed by atoms with Crippen LogP contribution in [0.4, 0.5) is 0 Å². The Labute approximate surface area is 107 Å². The van der Waals surface area contributed by atoms with Crippen molar-refractivity contribution in [3.63, 3.8) is 0 Å². The van der Waals surface area contributed by atoms with Gasteiger partial charge in [-0.05, 0) is 19.8 Å². The zero-order chi connectivity index (χ0) is 12.4. The van der Waals surface area contributed by atoms with Gasteiger partial charge in [-0.2, -0.15) is 12.6 Å². The molecule has 4 nitrogen and oxygen atoms in total. The number of thiol groups is 1. The summed E-state index contributed by atoms with van der Waals surface area (Å²) in [7, 11) is 0. The van der Waals surface area contributed by atoms with Crippen molar-refractivity contribution < 1.29 is 19.0 Å². The van der Waals surface area contributed by atoms with Gasteiger partial charge in [-0.25, -0.2) is 0 Å². The summed E-state index contributed by atoms with van der Waals surface area (Å²) in [5.74, 6) is 0.0424. The summed E-state index contributed by atoms with van der Waals surface area (Å²) in [6.07, 6.45) is 3.08.